The van der Waals surface area contributed by atoms with Gasteiger partial charge in [-0.25, -0.2) is 4.98 Å². The van der Waals surface area contributed by atoms with Crippen molar-refractivity contribution in [2.24, 2.45) is 7.05 Å². The van der Waals surface area contributed by atoms with Crippen LogP contribution in [0, 0.1) is 11.3 Å². The Kier molecular flexibility index (Phi) is 3.24. The molecule has 6 nitrogen and oxygen atoms in total. The molecule has 0 unspecified atom stereocenters. The number of phenols is 1. The van der Waals surface area contributed by atoms with E-state index in [1.54, 1.807) is 35.1 Å². The quantitative estimate of drug-likeness (QED) is 0.754. The Morgan fingerprint density at radius 2 is 2.09 bits per heavy atom. The molecule has 2 heterocycles. The average Bonchev–Trinajstić information content (AvgIpc) is 2.93. The molecule has 0 saturated carbocycles. The fraction of sp³-hybridized carbons (Fsp3) is 0.0625. The third kappa shape index (κ3) is 2.36. The molecule has 0 aliphatic heterocycles. The van der Waals surface area contributed by atoms with Gasteiger partial charge in [0, 0.05) is 24.4 Å². The number of hydrogen-bond donors (Lipinski definition) is 2. The van der Waals surface area contributed by atoms with Crippen LogP contribution in [0.15, 0.2) is 42.7 Å². The van der Waals surface area contributed by atoms with Gasteiger partial charge in [0.05, 0.1) is 11.9 Å². The van der Waals surface area contributed by atoms with E-state index >= 15 is 0 Å². The molecular weight excluding hydrogens is 278 g/mol. The lowest BCUT2D eigenvalue weighted by Gasteiger charge is -2.09. The van der Waals surface area contributed by atoms with Crippen molar-refractivity contribution in [2.75, 3.05) is 5.73 Å². The van der Waals surface area contributed by atoms with Crippen molar-refractivity contribution < 1.29 is 5.11 Å². The first kappa shape index (κ1) is 13.6. The second kappa shape index (κ2) is 5.22. The van der Waals surface area contributed by atoms with Gasteiger partial charge in [0.2, 0.25) is 0 Å². The van der Waals surface area contributed by atoms with Crippen LogP contribution in [0.5, 0.6) is 5.75 Å². The van der Waals surface area contributed by atoms with Gasteiger partial charge in [-0.1, -0.05) is 12.1 Å². The summed E-state index contributed by atoms with van der Waals surface area (Å²) in [5.74, 6) is 0.280. The minimum absolute atomic E-state index is 0.125. The highest BCUT2D eigenvalue weighted by Gasteiger charge is 2.14. The molecule has 0 fully saturated rings. The molecule has 0 spiro atoms. The first-order valence-corrected chi connectivity index (χ1v) is 6.57. The number of aromatic hydroxyl groups is 1. The first-order chi connectivity index (χ1) is 10.6. The molecule has 3 aromatic rings. The number of nitrogens with zero attached hydrogens (tertiary/aromatic N) is 4. The van der Waals surface area contributed by atoms with Crippen molar-refractivity contribution in [3.8, 4) is 34.2 Å². The molecule has 3 N–H and O–H groups in total. The van der Waals surface area contributed by atoms with Crippen LogP contribution in [0.2, 0.25) is 0 Å². The number of hydrogen-bond acceptors (Lipinski definition) is 5. The highest BCUT2D eigenvalue weighted by molar-refractivity contribution is 5.80. The number of nitrogens with two attached hydrogens (primary N) is 1. The van der Waals surface area contributed by atoms with Crippen molar-refractivity contribution in [1.29, 1.82) is 5.26 Å². The number of nitriles is 1. The third-order valence-electron chi connectivity index (χ3n) is 3.32. The van der Waals surface area contributed by atoms with Crippen molar-refractivity contribution in [3.63, 3.8) is 0 Å². The molecule has 0 aliphatic carbocycles. The number of aromatic nitrogens is 3. The van der Waals surface area contributed by atoms with Gasteiger partial charge in [-0.2, -0.15) is 10.4 Å². The van der Waals surface area contributed by atoms with Gasteiger partial charge in [-0.05, 0) is 23.8 Å². The molecule has 0 radical (unpaired) electrons. The largest absolute Gasteiger partial charge is 0.508 e. The summed E-state index contributed by atoms with van der Waals surface area (Å²) in [6.45, 7) is 0. The maximum Gasteiger partial charge on any atom is 0.142 e. The van der Waals surface area contributed by atoms with E-state index in [9.17, 15) is 10.4 Å². The van der Waals surface area contributed by atoms with E-state index in [1.165, 1.54) is 0 Å². The average molecular weight is 291 g/mol. The monoisotopic (exact) mass is 291 g/mol. The van der Waals surface area contributed by atoms with Gasteiger partial charge >= 0.3 is 0 Å². The van der Waals surface area contributed by atoms with Gasteiger partial charge in [-0.15, -0.1) is 0 Å². The molecule has 0 aliphatic rings. The zero-order valence-corrected chi connectivity index (χ0v) is 11.9. The molecule has 0 amide bonds. The van der Waals surface area contributed by atoms with E-state index in [-0.39, 0.29) is 11.6 Å². The van der Waals surface area contributed by atoms with Crippen LogP contribution in [0.25, 0.3) is 22.4 Å². The normalized spacial score (nSPS) is 10.4. The third-order valence-corrected chi connectivity index (χ3v) is 3.32. The SMILES string of the molecule is Cn1cc(-c2cc(-c3cccc(O)c3)c(C#N)c(N)n2)cn1. The fourth-order valence-corrected chi connectivity index (χ4v) is 2.28. The van der Waals surface area contributed by atoms with Crippen LogP contribution < -0.4 is 5.73 Å². The van der Waals surface area contributed by atoms with Gasteiger partial charge in [0.1, 0.15) is 23.2 Å². The van der Waals surface area contributed by atoms with Crippen LogP contribution in [-0.4, -0.2) is 19.9 Å². The van der Waals surface area contributed by atoms with Crippen LogP contribution >= 0.6 is 0 Å². The Labute approximate surface area is 127 Å². The van der Waals surface area contributed by atoms with Gasteiger partial charge < -0.3 is 10.8 Å². The molecule has 0 saturated heterocycles. The number of aryl methyl sites for hydroxylation is 1. The van der Waals surface area contributed by atoms with Crippen molar-refractivity contribution in [1.82, 2.24) is 14.8 Å². The van der Waals surface area contributed by atoms with Gasteiger partial charge in [0.25, 0.3) is 0 Å². The fourth-order valence-electron chi connectivity index (χ4n) is 2.28. The number of rotatable bonds is 2. The Morgan fingerprint density at radius 1 is 1.27 bits per heavy atom. The maximum atomic E-state index is 9.65. The van der Waals surface area contributed by atoms with E-state index in [1.807, 2.05) is 19.3 Å². The summed E-state index contributed by atoms with van der Waals surface area (Å²) in [5.41, 5.74) is 8.99. The number of benzene rings is 1. The molecule has 0 atom stereocenters. The Morgan fingerprint density at radius 3 is 2.73 bits per heavy atom. The van der Waals surface area contributed by atoms with Gasteiger partial charge in [0.15, 0.2) is 0 Å². The van der Waals surface area contributed by atoms with Crippen LogP contribution in [-0.2, 0) is 7.05 Å². The van der Waals surface area contributed by atoms with Crippen LogP contribution in [0.4, 0.5) is 5.82 Å². The van der Waals surface area contributed by atoms with Crippen molar-refractivity contribution in [2.45, 2.75) is 0 Å². The number of pyridine rings is 1. The highest BCUT2D eigenvalue weighted by atomic mass is 16.3. The Bertz CT molecular complexity index is 892. The second-order valence-electron chi connectivity index (χ2n) is 4.88. The Hall–Kier alpha value is -3.33. The van der Waals surface area contributed by atoms with E-state index in [2.05, 4.69) is 16.2 Å². The summed E-state index contributed by atoms with van der Waals surface area (Å²) in [4.78, 5) is 4.28. The summed E-state index contributed by atoms with van der Waals surface area (Å²) < 4.78 is 1.67. The van der Waals surface area contributed by atoms with Crippen molar-refractivity contribution in [3.05, 3.63) is 48.3 Å². The zero-order valence-electron chi connectivity index (χ0n) is 11.9. The minimum Gasteiger partial charge on any atom is -0.508 e. The molecule has 6 heteroatoms. The number of nitrogen functional groups attached to an aromatic ring is 1. The standard InChI is InChI=1S/C16H13N5O/c1-21-9-11(8-19-21)15-6-13(14(7-17)16(18)20-15)10-3-2-4-12(22)5-10/h2-6,8-9,22H,1H3,(H2,18,20). The van der Waals surface area contributed by atoms with E-state index in [4.69, 9.17) is 5.73 Å². The molecule has 108 valence electrons. The predicted octanol–water partition coefficient (Wildman–Crippen LogP) is 2.31. The van der Waals surface area contributed by atoms with Crippen LogP contribution in [0.1, 0.15) is 5.56 Å². The van der Waals surface area contributed by atoms with E-state index < -0.39 is 0 Å². The summed E-state index contributed by atoms with van der Waals surface area (Å²) in [6.07, 6.45) is 3.50. The first-order valence-electron chi connectivity index (χ1n) is 6.57. The van der Waals surface area contributed by atoms with E-state index in [0.29, 0.717) is 22.4 Å². The molecule has 0 bridgehead atoms. The number of phenolic OH excluding ortho intramolecular Hbond substituents is 1. The molecule has 3 rings (SSSR count). The molecule has 1 aromatic carbocycles. The van der Waals surface area contributed by atoms with E-state index in [0.717, 1.165) is 5.56 Å². The molecule has 22 heavy (non-hydrogen) atoms. The smallest absolute Gasteiger partial charge is 0.142 e. The zero-order chi connectivity index (χ0) is 15.7. The summed E-state index contributed by atoms with van der Waals surface area (Å²) in [7, 11) is 1.81. The summed E-state index contributed by atoms with van der Waals surface area (Å²) in [5, 5.41) is 23.1. The Balaban J connectivity index is 2.24. The number of anilines is 1. The maximum absolute atomic E-state index is 9.65. The highest BCUT2D eigenvalue weighted by Crippen LogP contribution is 2.32. The lowest BCUT2D eigenvalue weighted by molar-refractivity contribution is 0.475. The molecule has 2 aromatic heterocycles. The topological polar surface area (TPSA) is 101 Å². The van der Waals surface area contributed by atoms with Crippen molar-refractivity contribution >= 4 is 5.82 Å². The van der Waals surface area contributed by atoms with Crippen LogP contribution in [0.3, 0.4) is 0 Å². The second-order valence-corrected chi connectivity index (χ2v) is 4.88. The lowest BCUT2D eigenvalue weighted by atomic mass is 9.99. The summed E-state index contributed by atoms with van der Waals surface area (Å²) >= 11 is 0. The minimum atomic E-state index is 0.125. The lowest BCUT2D eigenvalue weighted by Crippen LogP contribution is -1.99. The summed E-state index contributed by atoms with van der Waals surface area (Å²) in [6, 6.07) is 10.5. The van der Waals surface area contributed by atoms with Gasteiger partial charge in [-0.3, -0.25) is 4.68 Å². The molecular formula is C16H13N5O. The predicted molar refractivity (Wildman–Crippen MR) is 82.7 cm³/mol.